The first kappa shape index (κ1) is 20.5. The quantitative estimate of drug-likeness (QED) is 0.705. The third kappa shape index (κ3) is 5.45. The lowest BCUT2D eigenvalue weighted by molar-refractivity contribution is -0.139. The van der Waals surface area contributed by atoms with Crippen LogP contribution in [0.5, 0.6) is 0 Å². The Morgan fingerprint density at radius 1 is 1.03 bits per heavy atom. The molecule has 2 aromatic carbocycles. The Morgan fingerprint density at radius 3 is 2.53 bits per heavy atom. The van der Waals surface area contributed by atoms with E-state index in [0.29, 0.717) is 19.6 Å². The van der Waals surface area contributed by atoms with Crippen LogP contribution in [0.3, 0.4) is 0 Å². The Kier molecular flexibility index (Phi) is 6.43. The molecule has 1 saturated carbocycles. The van der Waals surface area contributed by atoms with Gasteiger partial charge in [0, 0.05) is 25.6 Å². The lowest BCUT2D eigenvalue weighted by Gasteiger charge is -2.25. The number of hydrogen-bond donors (Lipinski definition) is 0. The number of rotatable bonds is 7. The molecular weight excluding hydrogens is 383 g/mol. The zero-order chi connectivity index (χ0) is 20.9. The number of amides is 2. The van der Waals surface area contributed by atoms with Gasteiger partial charge >= 0.3 is 0 Å². The summed E-state index contributed by atoms with van der Waals surface area (Å²) >= 11 is 0. The van der Waals surface area contributed by atoms with Crippen molar-refractivity contribution in [3.05, 3.63) is 71.5 Å². The predicted octanol–water partition coefficient (Wildman–Crippen LogP) is 3.03. The van der Waals surface area contributed by atoms with Gasteiger partial charge in [-0.15, -0.1) is 0 Å². The third-order valence-electron chi connectivity index (χ3n) is 5.65. The number of carbonyl (C=O) groups excluding carboxylic acids is 2. The van der Waals surface area contributed by atoms with E-state index < -0.39 is 0 Å². The van der Waals surface area contributed by atoms with Crippen LogP contribution in [0.2, 0.25) is 0 Å². The molecule has 30 heavy (non-hydrogen) atoms. The maximum absolute atomic E-state index is 13.5. The van der Waals surface area contributed by atoms with E-state index in [0.717, 1.165) is 30.4 Å². The lowest BCUT2D eigenvalue weighted by atomic mass is 10.1. The summed E-state index contributed by atoms with van der Waals surface area (Å²) in [6, 6.07) is 16.3. The van der Waals surface area contributed by atoms with E-state index in [1.165, 1.54) is 12.1 Å². The maximum Gasteiger partial charge on any atom is 0.242 e. The van der Waals surface area contributed by atoms with Crippen LogP contribution in [0, 0.1) is 11.7 Å². The molecule has 0 radical (unpaired) electrons. The second-order valence-corrected chi connectivity index (χ2v) is 8.13. The molecule has 0 aromatic heterocycles. The number of halogens is 1. The van der Waals surface area contributed by atoms with E-state index in [9.17, 15) is 14.0 Å². The van der Waals surface area contributed by atoms with Crippen LogP contribution >= 0.6 is 0 Å². The highest BCUT2D eigenvalue weighted by molar-refractivity contribution is 5.87. The van der Waals surface area contributed by atoms with Gasteiger partial charge in [0.2, 0.25) is 11.8 Å². The summed E-state index contributed by atoms with van der Waals surface area (Å²) in [5.74, 6) is -0.246. The first-order valence-corrected chi connectivity index (χ1v) is 10.5. The van der Waals surface area contributed by atoms with E-state index in [4.69, 9.17) is 4.74 Å². The number of nitrogens with zero attached hydrogens (tertiary/aromatic N) is 2. The zero-order valence-electron chi connectivity index (χ0n) is 17.0. The van der Waals surface area contributed by atoms with Crippen molar-refractivity contribution >= 4 is 11.8 Å². The summed E-state index contributed by atoms with van der Waals surface area (Å²) in [4.78, 5) is 29.0. The normalized spacial score (nSPS) is 19.6. The smallest absolute Gasteiger partial charge is 0.242 e. The topological polar surface area (TPSA) is 49.9 Å². The number of carbonyl (C=O) groups is 2. The minimum Gasteiger partial charge on any atom is -0.370 e. The molecule has 6 heteroatoms. The Bertz CT molecular complexity index is 885. The first-order valence-electron chi connectivity index (χ1n) is 10.5. The van der Waals surface area contributed by atoms with Crippen LogP contribution in [0.1, 0.15) is 24.0 Å². The van der Waals surface area contributed by atoms with Gasteiger partial charge in [-0.3, -0.25) is 9.59 Å². The largest absolute Gasteiger partial charge is 0.370 e. The number of ether oxygens (including phenoxy) is 1. The fraction of sp³-hybridized carbons (Fsp3) is 0.417. The fourth-order valence-corrected chi connectivity index (χ4v) is 3.81. The second-order valence-electron chi connectivity index (χ2n) is 8.13. The molecular formula is C24H27FN2O3. The van der Waals surface area contributed by atoms with Crippen molar-refractivity contribution in [3.8, 4) is 0 Å². The van der Waals surface area contributed by atoms with E-state index >= 15 is 0 Å². The van der Waals surface area contributed by atoms with Gasteiger partial charge in [-0.05, 0) is 42.5 Å². The highest BCUT2D eigenvalue weighted by Gasteiger charge is 2.37. The SMILES string of the molecule is O=C1CN(C(=O)C2CC2)CC(OCc2cccc(F)c2)CN1CCc1ccccc1. The molecule has 158 valence electrons. The molecule has 1 unspecified atom stereocenters. The van der Waals surface area contributed by atoms with Crippen LogP contribution in [0.15, 0.2) is 54.6 Å². The number of benzene rings is 2. The monoisotopic (exact) mass is 410 g/mol. The van der Waals surface area contributed by atoms with E-state index in [2.05, 4.69) is 0 Å². The summed E-state index contributed by atoms with van der Waals surface area (Å²) in [6.07, 6.45) is 2.24. The van der Waals surface area contributed by atoms with Crippen molar-refractivity contribution in [2.45, 2.75) is 32.0 Å². The summed E-state index contributed by atoms with van der Waals surface area (Å²) in [7, 11) is 0. The van der Waals surface area contributed by atoms with Gasteiger partial charge in [0.05, 0.1) is 19.3 Å². The molecule has 1 saturated heterocycles. The average Bonchev–Trinajstić information content (AvgIpc) is 3.60. The van der Waals surface area contributed by atoms with Crippen LogP contribution in [0.25, 0.3) is 0 Å². The number of hydrogen-bond acceptors (Lipinski definition) is 3. The molecule has 2 amide bonds. The molecule has 2 aliphatic rings. The second kappa shape index (κ2) is 9.39. The molecule has 0 N–H and O–H groups in total. The first-order chi connectivity index (χ1) is 14.6. The molecule has 2 fully saturated rings. The molecule has 2 aromatic rings. The van der Waals surface area contributed by atoms with E-state index in [1.54, 1.807) is 15.9 Å². The van der Waals surface area contributed by atoms with Gasteiger partial charge in [0.15, 0.2) is 0 Å². The summed E-state index contributed by atoms with van der Waals surface area (Å²) in [6.45, 7) is 1.74. The van der Waals surface area contributed by atoms with Gasteiger partial charge in [-0.25, -0.2) is 4.39 Å². The van der Waals surface area contributed by atoms with Crippen LogP contribution in [-0.4, -0.2) is 53.9 Å². The molecule has 1 atom stereocenters. The van der Waals surface area contributed by atoms with E-state index in [1.807, 2.05) is 36.4 Å². The predicted molar refractivity (Wildman–Crippen MR) is 111 cm³/mol. The minimum atomic E-state index is -0.307. The van der Waals surface area contributed by atoms with Crippen molar-refractivity contribution in [3.63, 3.8) is 0 Å². The molecule has 1 aliphatic heterocycles. The standard InChI is InChI=1S/C24H27FN2O3/c25-21-8-4-7-19(13-21)17-30-22-14-26(12-11-18-5-2-1-3-6-18)23(28)16-27(15-22)24(29)20-9-10-20/h1-8,13,20,22H,9-12,14-17H2. The van der Waals surface area contributed by atoms with Crippen LogP contribution in [0.4, 0.5) is 4.39 Å². The molecule has 1 heterocycles. The molecule has 1 aliphatic carbocycles. The molecule has 0 spiro atoms. The van der Waals surface area contributed by atoms with Gasteiger partial charge in [0.25, 0.3) is 0 Å². The van der Waals surface area contributed by atoms with Crippen molar-refractivity contribution in [2.24, 2.45) is 5.92 Å². The molecule has 0 bridgehead atoms. The van der Waals surface area contributed by atoms with Gasteiger partial charge < -0.3 is 14.5 Å². The highest BCUT2D eigenvalue weighted by Crippen LogP contribution is 2.31. The Balaban J connectivity index is 1.44. The average molecular weight is 410 g/mol. The molecule has 4 rings (SSSR count). The zero-order valence-corrected chi connectivity index (χ0v) is 17.0. The summed E-state index contributed by atoms with van der Waals surface area (Å²) in [5.41, 5.74) is 1.90. The van der Waals surface area contributed by atoms with Gasteiger partial charge in [0.1, 0.15) is 5.82 Å². The third-order valence-corrected chi connectivity index (χ3v) is 5.65. The van der Waals surface area contributed by atoms with Crippen LogP contribution < -0.4 is 0 Å². The van der Waals surface area contributed by atoms with E-state index in [-0.39, 0.29) is 42.8 Å². The Labute approximate surface area is 176 Å². The fourth-order valence-electron chi connectivity index (χ4n) is 3.81. The van der Waals surface area contributed by atoms with Crippen molar-refractivity contribution < 1.29 is 18.7 Å². The Hall–Kier alpha value is -2.73. The van der Waals surface area contributed by atoms with Gasteiger partial charge in [-0.2, -0.15) is 0 Å². The minimum absolute atomic E-state index is 0.0446. The Morgan fingerprint density at radius 2 is 1.80 bits per heavy atom. The highest BCUT2D eigenvalue weighted by atomic mass is 19.1. The van der Waals surface area contributed by atoms with Crippen molar-refractivity contribution in [1.29, 1.82) is 0 Å². The summed E-state index contributed by atoms with van der Waals surface area (Å²) < 4.78 is 19.5. The van der Waals surface area contributed by atoms with Crippen molar-refractivity contribution in [1.82, 2.24) is 9.80 Å². The lowest BCUT2D eigenvalue weighted by Crippen LogP contribution is -2.40. The van der Waals surface area contributed by atoms with Crippen molar-refractivity contribution in [2.75, 3.05) is 26.2 Å². The maximum atomic E-state index is 13.5. The van der Waals surface area contributed by atoms with Crippen LogP contribution in [-0.2, 0) is 27.4 Å². The summed E-state index contributed by atoms with van der Waals surface area (Å²) in [5, 5.41) is 0. The van der Waals surface area contributed by atoms with Gasteiger partial charge in [-0.1, -0.05) is 42.5 Å². The molecule has 5 nitrogen and oxygen atoms in total.